The molecule has 0 bridgehead atoms. The summed E-state index contributed by atoms with van der Waals surface area (Å²) in [7, 11) is 1.90. The van der Waals surface area contributed by atoms with Crippen molar-refractivity contribution in [1.29, 1.82) is 0 Å². The zero-order valence-corrected chi connectivity index (χ0v) is 14.3. The lowest BCUT2D eigenvalue weighted by atomic mass is 9.98. The van der Waals surface area contributed by atoms with Crippen molar-refractivity contribution in [2.24, 2.45) is 10.3 Å². The van der Waals surface area contributed by atoms with E-state index >= 15 is 0 Å². The smallest absolute Gasteiger partial charge is 0.0734 e. The Hall–Kier alpha value is -1.18. The third kappa shape index (κ3) is 6.41. The third-order valence-corrected chi connectivity index (χ3v) is 4.10. The first-order chi connectivity index (χ1) is 9.60. The fourth-order valence-corrected chi connectivity index (χ4v) is 1.54. The van der Waals surface area contributed by atoms with Gasteiger partial charge in [0.05, 0.1) is 22.5 Å². The first-order valence-electron chi connectivity index (χ1n) is 7.16. The second-order valence-electron chi connectivity index (χ2n) is 6.37. The average Bonchev–Trinajstić information content (AvgIpc) is 2.45. The van der Waals surface area contributed by atoms with Crippen LogP contribution in [0.4, 0.5) is 0 Å². The molecule has 0 spiro atoms. The summed E-state index contributed by atoms with van der Waals surface area (Å²) in [6.07, 6.45) is 0. The molecule has 7 heteroatoms. The average molecular weight is 301 g/mol. The summed E-state index contributed by atoms with van der Waals surface area (Å²) in [6, 6.07) is 0.182. The van der Waals surface area contributed by atoms with Gasteiger partial charge < -0.3 is 26.4 Å². The Morgan fingerprint density at radius 1 is 0.905 bits per heavy atom. The van der Waals surface area contributed by atoms with Gasteiger partial charge in [0.1, 0.15) is 0 Å². The van der Waals surface area contributed by atoms with Gasteiger partial charge >= 0.3 is 0 Å². The topological polar surface area (TPSA) is 101 Å². The fourth-order valence-electron chi connectivity index (χ4n) is 1.54. The highest BCUT2D eigenvalue weighted by molar-refractivity contribution is 5.90. The lowest BCUT2D eigenvalue weighted by Crippen LogP contribution is -2.56. The first-order valence-corrected chi connectivity index (χ1v) is 7.16. The Balaban J connectivity index is 4.50. The van der Waals surface area contributed by atoms with E-state index in [1.54, 1.807) is 13.8 Å². The largest absolute Gasteiger partial charge is 0.411 e. The number of rotatable bonds is 9. The van der Waals surface area contributed by atoms with Crippen LogP contribution in [0.15, 0.2) is 10.3 Å². The predicted octanol–water partition coefficient (Wildman–Crippen LogP) is 1.01. The molecule has 0 fully saturated rings. The van der Waals surface area contributed by atoms with Gasteiger partial charge in [-0.1, -0.05) is 10.3 Å². The lowest BCUT2D eigenvalue weighted by molar-refractivity contribution is 0.306. The molecule has 124 valence electrons. The second kappa shape index (κ2) is 8.31. The molecule has 0 aromatic heterocycles. The van der Waals surface area contributed by atoms with Gasteiger partial charge in [0.2, 0.25) is 0 Å². The van der Waals surface area contributed by atoms with Gasteiger partial charge in [0, 0.05) is 19.1 Å². The number of hydrogen-bond donors (Lipinski definition) is 5. The van der Waals surface area contributed by atoms with E-state index in [9.17, 15) is 0 Å². The SMILES string of the molecule is CNC(CNC(C)(C)/C(C)=N/O)CNC(C)(C)/C(C)=N/O. The number of hydrogen-bond acceptors (Lipinski definition) is 7. The molecule has 21 heavy (non-hydrogen) atoms. The van der Waals surface area contributed by atoms with Crippen molar-refractivity contribution in [3.63, 3.8) is 0 Å². The maximum absolute atomic E-state index is 8.87. The number of nitrogens with zero attached hydrogens (tertiary/aromatic N) is 2. The maximum atomic E-state index is 8.87. The van der Waals surface area contributed by atoms with Crippen LogP contribution in [0.1, 0.15) is 41.5 Å². The molecular formula is C14H31N5O2. The van der Waals surface area contributed by atoms with Crippen LogP contribution >= 0.6 is 0 Å². The summed E-state index contributed by atoms with van der Waals surface area (Å²) < 4.78 is 0. The van der Waals surface area contributed by atoms with Crippen LogP contribution in [0.5, 0.6) is 0 Å². The molecule has 0 heterocycles. The van der Waals surface area contributed by atoms with Gasteiger partial charge in [0.25, 0.3) is 0 Å². The predicted molar refractivity (Wildman–Crippen MR) is 86.8 cm³/mol. The van der Waals surface area contributed by atoms with Crippen LogP contribution in [-0.4, -0.2) is 59.1 Å². The van der Waals surface area contributed by atoms with Crippen LogP contribution in [0.2, 0.25) is 0 Å². The van der Waals surface area contributed by atoms with Crippen molar-refractivity contribution in [3.8, 4) is 0 Å². The molecule has 0 aliphatic heterocycles. The molecule has 5 N–H and O–H groups in total. The van der Waals surface area contributed by atoms with E-state index in [1.165, 1.54) is 0 Å². The number of oxime groups is 2. The lowest BCUT2D eigenvalue weighted by Gasteiger charge is -2.31. The molecule has 0 aliphatic rings. The van der Waals surface area contributed by atoms with Gasteiger partial charge in [-0.25, -0.2) is 0 Å². The Bertz CT molecular complexity index is 344. The quantitative estimate of drug-likeness (QED) is 0.248. The molecule has 0 aliphatic carbocycles. The normalized spacial score (nSPS) is 14.9. The molecule has 0 atom stereocenters. The van der Waals surface area contributed by atoms with E-state index in [-0.39, 0.29) is 17.1 Å². The molecule has 0 radical (unpaired) electrons. The number of nitrogens with one attached hydrogen (secondary N) is 3. The zero-order chi connectivity index (χ0) is 16.7. The van der Waals surface area contributed by atoms with Crippen molar-refractivity contribution in [1.82, 2.24) is 16.0 Å². The van der Waals surface area contributed by atoms with E-state index in [1.807, 2.05) is 34.7 Å². The maximum Gasteiger partial charge on any atom is 0.0734 e. The Morgan fingerprint density at radius 2 is 1.24 bits per heavy atom. The molecule has 0 rings (SSSR count). The molecular weight excluding hydrogens is 270 g/mol. The van der Waals surface area contributed by atoms with E-state index in [0.29, 0.717) is 24.5 Å². The number of likely N-dealkylation sites (N-methyl/N-ethyl adjacent to an activating group) is 1. The van der Waals surface area contributed by atoms with Crippen molar-refractivity contribution in [3.05, 3.63) is 0 Å². The van der Waals surface area contributed by atoms with Crippen LogP contribution in [0, 0.1) is 0 Å². The second-order valence-corrected chi connectivity index (χ2v) is 6.37. The van der Waals surface area contributed by atoms with Gasteiger partial charge in [-0.05, 0) is 48.6 Å². The summed E-state index contributed by atoms with van der Waals surface area (Å²) in [4.78, 5) is 0. The van der Waals surface area contributed by atoms with Gasteiger partial charge in [-0.3, -0.25) is 0 Å². The van der Waals surface area contributed by atoms with Gasteiger partial charge in [-0.2, -0.15) is 0 Å². The summed E-state index contributed by atoms with van der Waals surface area (Å²) >= 11 is 0. The van der Waals surface area contributed by atoms with Crippen molar-refractivity contribution in [2.75, 3.05) is 20.1 Å². The minimum Gasteiger partial charge on any atom is -0.411 e. The van der Waals surface area contributed by atoms with Crippen molar-refractivity contribution in [2.45, 2.75) is 58.7 Å². The molecule has 0 aromatic rings. The summed E-state index contributed by atoms with van der Waals surface area (Å²) in [5.41, 5.74) is 0.520. The van der Waals surface area contributed by atoms with Crippen molar-refractivity contribution >= 4 is 11.4 Å². The monoisotopic (exact) mass is 301 g/mol. The first kappa shape index (κ1) is 19.8. The Kier molecular flexibility index (Phi) is 7.84. The van der Waals surface area contributed by atoms with Crippen LogP contribution in [0.25, 0.3) is 0 Å². The Morgan fingerprint density at radius 3 is 1.48 bits per heavy atom. The summed E-state index contributed by atoms with van der Waals surface area (Å²) in [5, 5.41) is 34.2. The highest BCUT2D eigenvalue weighted by Crippen LogP contribution is 2.07. The molecule has 0 unspecified atom stereocenters. The van der Waals surface area contributed by atoms with Crippen LogP contribution in [-0.2, 0) is 0 Å². The molecule has 0 amide bonds. The minimum atomic E-state index is -0.373. The standard InChI is InChI=1S/C14H31N5O2/c1-10(18-20)13(3,4)16-8-12(15-7)9-17-14(5,6)11(2)19-21/h12,15-17,20-21H,8-9H2,1-7H3/b18-10+,19-11+. The van der Waals surface area contributed by atoms with E-state index in [0.717, 1.165) is 0 Å². The highest BCUT2D eigenvalue weighted by Gasteiger charge is 2.25. The molecule has 0 saturated carbocycles. The van der Waals surface area contributed by atoms with Crippen LogP contribution in [0.3, 0.4) is 0 Å². The minimum absolute atomic E-state index is 0.182. The van der Waals surface area contributed by atoms with E-state index in [2.05, 4.69) is 26.3 Å². The van der Waals surface area contributed by atoms with Crippen molar-refractivity contribution < 1.29 is 10.4 Å². The summed E-state index contributed by atoms with van der Waals surface area (Å²) in [6.45, 7) is 12.8. The van der Waals surface area contributed by atoms with E-state index < -0.39 is 0 Å². The molecule has 0 saturated heterocycles. The van der Waals surface area contributed by atoms with Gasteiger partial charge in [-0.15, -0.1) is 0 Å². The van der Waals surface area contributed by atoms with E-state index in [4.69, 9.17) is 10.4 Å². The third-order valence-electron chi connectivity index (χ3n) is 4.10. The van der Waals surface area contributed by atoms with Gasteiger partial charge in [0.15, 0.2) is 0 Å². The molecule has 7 nitrogen and oxygen atoms in total. The Labute approximate surface area is 127 Å². The fraction of sp³-hybridized carbons (Fsp3) is 0.857. The zero-order valence-electron chi connectivity index (χ0n) is 14.3. The highest BCUT2D eigenvalue weighted by atomic mass is 16.4. The molecule has 0 aromatic carbocycles. The van der Waals surface area contributed by atoms with Crippen LogP contribution < -0.4 is 16.0 Å². The summed E-state index contributed by atoms with van der Waals surface area (Å²) in [5.74, 6) is 0.